The van der Waals surface area contributed by atoms with E-state index in [9.17, 15) is 4.79 Å². The number of methoxy groups -OCH3 is 1. The number of aromatic amines is 1. The van der Waals surface area contributed by atoms with Gasteiger partial charge in [0.25, 0.3) is 0 Å². The Balaban J connectivity index is 2.01. The van der Waals surface area contributed by atoms with Gasteiger partial charge in [0, 0.05) is 29.6 Å². The zero-order valence-corrected chi connectivity index (χ0v) is 12.3. The Kier molecular flexibility index (Phi) is 4.66. The lowest BCUT2D eigenvalue weighted by Gasteiger charge is -2.09. The molecule has 4 heteroatoms. The summed E-state index contributed by atoms with van der Waals surface area (Å²) in [6.07, 6.45) is 3.69. The van der Waals surface area contributed by atoms with Crippen molar-refractivity contribution >= 4 is 16.8 Å². The van der Waals surface area contributed by atoms with Gasteiger partial charge >= 0.3 is 0 Å². The number of H-pyrrole nitrogens is 1. The molecule has 0 aliphatic carbocycles. The highest BCUT2D eigenvalue weighted by molar-refractivity contribution is 5.84. The number of benzene rings is 1. The first kappa shape index (κ1) is 14.4. The van der Waals surface area contributed by atoms with E-state index in [0.717, 1.165) is 29.5 Å². The highest BCUT2D eigenvalue weighted by Crippen LogP contribution is 2.23. The van der Waals surface area contributed by atoms with E-state index in [2.05, 4.69) is 10.3 Å². The SMILES string of the molecule is CC[C@H](C)C(=O)NCCc1c[nH]c2ccc(OC)cc12. The van der Waals surface area contributed by atoms with Crippen molar-refractivity contribution in [3.8, 4) is 5.75 Å². The van der Waals surface area contributed by atoms with Crippen molar-refractivity contribution in [3.05, 3.63) is 30.0 Å². The van der Waals surface area contributed by atoms with E-state index in [-0.39, 0.29) is 11.8 Å². The van der Waals surface area contributed by atoms with Crippen molar-refractivity contribution in [2.24, 2.45) is 5.92 Å². The molecule has 1 aromatic heterocycles. The van der Waals surface area contributed by atoms with E-state index in [1.165, 1.54) is 5.56 Å². The van der Waals surface area contributed by atoms with E-state index >= 15 is 0 Å². The zero-order valence-electron chi connectivity index (χ0n) is 12.3. The number of carbonyl (C=O) groups excluding carboxylic acids is 1. The Hall–Kier alpha value is -1.97. The van der Waals surface area contributed by atoms with Gasteiger partial charge in [-0.15, -0.1) is 0 Å². The molecule has 0 radical (unpaired) electrons. The minimum atomic E-state index is 0.0815. The first-order chi connectivity index (χ1) is 9.65. The van der Waals surface area contributed by atoms with E-state index in [0.29, 0.717) is 6.54 Å². The van der Waals surface area contributed by atoms with E-state index in [1.54, 1.807) is 7.11 Å². The van der Waals surface area contributed by atoms with Crippen LogP contribution in [0.15, 0.2) is 24.4 Å². The first-order valence-electron chi connectivity index (χ1n) is 7.07. The smallest absolute Gasteiger partial charge is 0.222 e. The summed E-state index contributed by atoms with van der Waals surface area (Å²) >= 11 is 0. The molecule has 0 spiro atoms. The normalized spacial score (nSPS) is 12.3. The quantitative estimate of drug-likeness (QED) is 0.851. The fourth-order valence-electron chi connectivity index (χ4n) is 2.17. The predicted molar refractivity (Wildman–Crippen MR) is 81.0 cm³/mol. The number of amides is 1. The summed E-state index contributed by atoms with van der Waals surface area (Å²) in [5, 5.41) is 4.14. The van der Waals surface area contributed by atoms with Crippen LogP contribution in [0.3, 0.4) is 0 Å². The maximum absolute atomic E-state index is 11.7. The molecule has 0 saturated heterocycles. The van der Waals surface area contributed by atoms with Crippen LogP contribution in [0.25, 0.3) is 10.9 Å². The lowest BCUT2D eigenvalue weighted by Crippen LogP contribution is -2.30. The third-order valence-corrected chi connectivity index (χ3v) is 3.73. The number of hydrogen-bond acceptors (Lipinski definition) is 2. The van der Waals surface area contributed by atoms with Gasteiger partial charge in [-0.05, 0) is 36.6 Å². The van der Waals surface area contributed by atoms with Gasteiger partial charge in [-0.3, -0.25) is 4.79 Å². The number of hydrogen-bond donors (Lipinski definition) is 2. The van der Waals surface area contributed by atoms with Crippen LogP contribution < -0.4 is 10.1 Å². The largest absolute Gasteiger partial charge is 0.497 e. The van der Waals surface area contributed by atoms with Gasteiger partial charge in [-0.2, -0.15) is 0 Å². The number of ether oxygens (including phenoxy) is 1. The summed E-state index contributed by atoms with van der Waals surface area (Å²) in [5.41, 5.74) is 2.29. The van der Waals surface area contributed by atoms with Crippen molar-refractivity contribution in [3.63, 3.8) is 0 Å². The number of carbonyl (C=O) groups is 1. The number of nitrogens with one attached hydrogen (secondary N) is 2. The second-order valence-corrected chi connectivity index (χ2v) is 5.08. The van der Waals surface area contributed by atoms with Crippen molar-refractivity contribution in [2.75, 3.05) is 13.7 Å². The van der Waals surface area contributed by atoms with Gasteiger partial charge in [0.2, 0.25) is 5.91 Å². The molecular weight excluding hydrogens is 252 g/mol. The summed E-state index contributed by atoms with van der Waals surface area (Å²) in [6.45, 7) is 4.63. The average molecular weight is 274 g/mol. The van der Waals surface area contributed by atoms with Gasteiger partial charge in [-0.1, -0.05) is 13.8 Å². The molecule has 4 nitrogen and oxygen atoms in total. The van der Waals surface area contributed by atoms with Gasteiger partial charge < -0.3 is 15.0 Å². The Morgan fingerprint density at radius 2 is 2.25 bits per heavy atom. The molecule has 0 fully saturated rings. The van der Waals surface area contributed by atoms with Crippen LogP contribution in [0, 0.1) is 5.92 Å². The predicted octanol–water partition coefficient (Wildman–Crippen LogP) is 2.88. The van der Waals surface area contributed by atoms with Crippen LogP contribution in [0.5, 0.6) is 5.75 Å². The minimum absolute atomic E-state index is 0.0815. The van der Waals surface area contributed by atoms with Crippen LogP contribution in [0.4, 0.5) is 0 Å². The second-order valence-electron chi connectivity index (χ2n) is 5.08. The van der Waals surface area contributed by atoms with Crippen LogP contribution in [-0.2, 0) is 11.2 Å². The Bertz CT molecular complexity index is 589. The summed E-state index contributed by atoms with van der Waals surface area (Å²) in [5.74, 6) is 1.06. The molecule has 2 N–H and O–H groups in total. The van der Waals surface area contributed by atoms with E-state index < -0.39 is 0 Å². The summed E-state index contributed by atoms with van der Waals surface area (Å²) < 4.78 is 5.25. The molecular formula is C16H22N2O2. The van der Waals surface area contributed by atoms with Crippen LogP contribution in [-0.4, -0.2) is 24.5 Å². The van der Waals surface area contributed by atoms with Gasteiger partial charge in [0.15, 0.2) is 0 Å². The minimum Gasteiger partial charge on any atom is -0.497 e. The topological polar surface area (TPSA) is 54.1 Å². The maximum atomic E-state index is 11.7. The highest BCUT2D eigenvalue weighted by atomic mass is 16.5. The fraction of sp³-hybridized carbons (Fsp3) is 0.438. The highest BCUT2D eigenvalue weighted by Gasteiger charge is 2.10. The lowest BCUT2D eigenvalue weighted by atomic mass is 10.1. The lowest BCUT2D eigenvalue weighted by molar-refractivity contribution is -0.124. The number of aromatic nitrogens is 1. The molecule has 20 heavy (non-hydrogen) atoms. The molecule has 1 atom stereocenters. The average Bonchev–Trinajstić information content (AvgIpc) is 2.88. The summed E-state index contributed by atoms with van der Waals surface area (Å²) in [4.78, 5) is 15.0. The standard InChI is InChI=1S/C16H22N2O2/c1-4-11(2)16(19)17-8-7-12-10-18-15-6-5-13(20-3)9-14(12)15/h5-6,9-11,18H,4,7-8H2,1-3H3,(H,17,19)/t11-/m0/s1. The van der Waals surface area contributed by atoms with Crippen molar-refractivity contribution in [2.45, 2.75) is 26.7 Å². The molecule has 0 bridgehead atoms. The third-order valence-electron chi connectivity index (χ3n) is 3.73. The van der Waals surface area contributed by atoms with Crippen LogP contribution in [0.2, 0.25) is 0 Å². The third kappa shape index (κ3) is 3.13. The number of fused-ring (bicyclic) bond motifs is 1. The molecule has 1 heterocycles. The van der Waals surface area contributed by atoms with Gasteiger partial charge in [0.05, 0.1) is 7.11 Å². The molecule has 2 rings (SSSR count). The van der Waals surface area contributed by atoms with E-state index in [1.807, 2.05) is 38.2 Å². The van der Waals surface area contributed by atoms with Gasteiger partial charge in [0.1, 0.15) is 5.75 Å². The summed E-state index contributed by atoms with van der Waals surface area (Å²) in [7, 11) is 1.67. The number of rotatable bonds is 6. The molecule has 1 aromatic carbocycles. The Morgan fingerprint density at radius 1 is 1.45 bits per heavy atom. The molecule has 1 amide bonds. The fourth-order valence-corrected chi connectivity index (χ4v) is 2.17. The van der Waals surface area contributed by atoms with Crippen molar-refractivity contribution in [1.82, 2.24) is 10.3 Å². The van der Waals surface area contributed by atoms with Crippen molar-refractivity contribution in [1.29, 1.82) is 0 Å². The molecule has 108 valence electrons. The molecule has 0 aliphatic rings. The van der Waals surface area contributed by atoms with Crippen molar-refractivity contribution < 1.29 is 9.53 Å². The monoisotopic (exact) mass is 274 g/mol. The molecule has 0 unspecified atom stereocenters. The Morgan fingerprint density at radius 3 is 2.95 bits per heavy atom. The molecule has 2 aromatic rings. The first-order valence-corrected chi connectivity index (χ1v) is 7.07. The molecule has 0 aliphatic heterocycles. The van der Waals surface area contributed by atoms with Crippen LogP contribution in [0.1, 0.15) is 25.8 Å². The summed E-state index contributed by atoms with van der Waals surface area (Å²) in [6, 6.07) is 5.97. The van der Waals surface area contributed by atoms with Gasteiger partial charge in [-0.25, -0.2) is 0 Å². The molecule has 0 saturated carbocycles. The zero-order chi connectivity index (χ0) is 14.5. The van der Waals surface area contributed by atoms with E-state index in [4.69, 9.17) is 4.74 Å². The maximum Gasteiger partial charge on any atom is 0.222 e. The second kappa shape index (κ2) is 6.46. The Labute approximate surface area is 119 Å². The van der Waals surface area contributed by atoms with Crippen LogP contribution >= 0.6 is 0 Å².